The average molecular weight is 446 g/mol. The van der Waals surface area contributed by atoms with Gasteiger partial charge in [0.1, 0.15) is 17.3 Å². The molecule has 144 valence electrons. The van der Waals surface area contributed by atoms with Gasteiger partial charge in [-0.2, -0.15) is 0 Å². The number of pyridine rings is 1. The molecular formula is C21H17BrFNO4. The highest BCUT2D eigenvalue weighted by atomic mass is 79.9. The highest BCUT2D eigenvalue weighted by Gasteiger charge is 2.24. The van der Waals surface area contributed by atoms with Gasteiger partial charge in [0.25, 0.3) is 5.56 Å². The first-order valence-corrected chi connectivity index (χ1v) is 9.15. The highest BCUT2D eigenvalue weighted by Crippen LogP contribution is 2.33. The molecule has 7 heteroatoms. The largest absolute Gasteiger partial charge is 0.496 e. The summed E-state index contributed by atoms with van der Waals surface area (Å²) in [6.07, 6.45) is 0. The number of benzene rings is 2. The molecule has 0 bridgehead atoms. The molecule has 0 spiro atoms. The summed E-state index contributed by atoms with van der Waals surface area (Å²) in [6.45, 7) is 0.118. The zero-order chi connectivity index (χ0) is 20.3. The van der Waals surface area contributed by atoms with Crippen molar-refractivity contribution in [3.05, 3.63) is 86.5 Å². The molecule has 0 aliphatic rings. The zero-order valence-corrected chi connectivity index (χ0v) is 16.8. The Bertz CT molecular complexity index is 1080. The van der Waals surface area contributed by atoms with Gasteiger partial charge >= 0.3 is 5.97 Å². The maximum absolute atomic E-state index is 14.6. The lowest BCUT2D eigenvalue weighted by Crippen LogP contribution is -2.29. The van der Waals surface area contributed by atoms with Gasteiger partial charge in [0, 0.05) is 4.47 Å². The van der Waals surface area contributed by atoms with Gasteiger partial charge < -0.3 is 9.47 Å². The summed E-state index contributed by atoms with van der Waals surface area (Å²) in [5.41, 5.74) is 0.435. The molecule has 28 heavy (non-hydrogen) atoms. The van der Waals surface area contributed by atoms with Crippen molar-refractivity contribution in [2.75, 3.05) is 14.2 Å². The summed E-state index contributed by atoms with van der Waals surface area (Å²) in [5.74, 6) is -1.05. The fourth-order valence-corrected chi connectivity index (χ4v) is 3.57. The minimum Gasteiger partial charge on any atom is -0.496 e. The predicted molar refractivity (Wildman–Crippen MR) is 107 cm³/mol. The number of rotatable bonds is 5. The van der Waals surface area contributed by atoms with Gasteiger partial charge in [0.15, 0.2) is 0 Å². The van der Waals surface area contributed by atoms with Crippen LogP contribution in [-0.4, -0.2) is 24.8 Å². The fraction of sp³-hybridized carbons (Fsp3) is 0.143. The molecule has 0 atom stereocenters. The third-order valence-corrected chi connectivity index (χ3v) is 4.87. The second-order valence-electron chi connectivity index (χ2n) is 5.94. The van der Waals surface area contributed by atoms with E-state index >= 15 is 0 Å². The molecule has 0 amide bonds. The Morgan fingerprint density at radius 3 is 2.46 bits per heavy atom. The predicted octanol–water partition coefficient (Wildman–Crippen LogP) is 4.26. The van der Waals surface area contributed by atoms with Crippen LogP contribution in [0.3, 0.4) is 0 Å². The monoisotopic (exact) mass is 445 g/mol. The van der Waals surface area contributed by atoms with E-state index in [4.69, 9.17) is 9.47 Å². The van der Waals surface area contributed by atoms with E-state index in [1.54, 1.807) is 6.07 Å². The van der Waals surface area contributed by atoms with E-state index in [9.17, 15) is 14.0 Å². The van der Waals surface area contributed by atoms with Gasteiger partial charge in [-0.15, -0.1) is 0 Å². The maximum Gasteiger partial charge on any atom is 0.355 e. The van der Waals surface area contributed by atoms with Crippen LogP contribution in [0.5, 0.6) is 5.75 Å². The highest BCUT2D eigenvalue weighted by molar-refractivity contribution is 9.10. The molecule has 5 nitrogen and oxygen atoms in total. The van der Waals surface area contributed by atoms with Crippen LogP contribution < -0.4 is 10.3 Å². The first-order valence-electron chi connectivity index (χ1n) is 8.36. The van der Waals surface area contributed by atoms with Crippen molar-refractivity contribution in [3.63, 3.8) is 0 Å². The van der Waals surface area contributed by atoms with Crippen LogP contribution in [0, 0.1) is 5.82 Å². The number of esters is 1. The number of methoxy groups -OCH3 is 2. The lowest BCUT2D eigenvalue weighted by Gasteiger charge is -2.17. The normalized spacial score (nSPS) is 10.6. The number of ether oxygens (including phenoxy) is 2. The standard InChI is InChI=1S/C21H17BrFNO4/c1-27-17-10-6-9-16(23)18(17)14-11-15(22)19(21(26)28-2)24(20(14)25)12-13-7-4-3-5-8-13/h3-11H,12H2,1-2H3. The molecule has 3 aromatic rings. The van der Waals surface area contributed by atoms with Gasteiger partial charge in [0.05, 0.1) is 31.9 Å². The minimum atomic E-state index is -0.674. The van der Waals surface area contributed by atoms with Crippen LogP contribution in [-0.2, 0) is 11.3 Å². The third kappa shape index (κ3) is 3.71. The van der Waals surface area contributed by atoms with Crippen molar-refractivity contribution in [3.8, 4) is 16.9 Å². The van der Waals surface area contributed by atoms with Gasteiger partial charge in [-0.1, -0.05) is 36.4 Å². The van der Waals surface area contributed by atoms with Gasteiger partial charge in [-0.05, 0) is 39.7 Å². The number of nitrogens with zero attached hydrogens (tertiary/aromatic N) is 1. The van der Waals surface area contributed by atoms with Crippen molar-refractivity contribution in [2.24, 2.45) is 0 Å². The van der Waals surface area contributed by atoms with E-state index in [2.05, 4.69) is 15.9 Å². The molecule has 0 unspecified atom stereocenters. The Labute approximate surface area is 169 Å². The summed E-state index contributed by atoms with van der Waals surface area (Å²) in [5, 5.41) is 0. The van der Waals surface area contributed by atoms with Crippen LogP contribution in [0.1, 0.15) is 16.1 Å². The summed E-state index contributed by atoms with van der Waals surface area (Å²) in [6, 6.07) is 14.9. The van der Waals surface area contributed by atoms with Crippen LogP contribution in [0.15, 0.2) is 63.9 Å². The number of hydrogen-bond donors (Lipinski definition) is 0. The van der Waals surface area contributed by atoms with E-state index in [1.807, 2.05) is 30.3 Å². The third-order valence-electron chi connectivity index (χ3n) is 4.27. The molecular weight excluding hydrogens is 429 g/mol. The number of aromatic nitrogens is 1. The summed E-state index contributed by atoms with van der Waals surface area (Å²) >= 11 is 3.33. The van der Waals surface area contributed by atoms with Crippen molar-refractivity contribution in [1.29, 1.82) is 0 Å². The second-order valence-corrected chi connectivity index (χ2v) is 6.79. The molecule has 0 aliphatic heterocycles. The molecule has 0 saturated carbocycles. The van der Waals surface area contributed by atoms with Gasteiger partial charge in [-0.25, -0.2) is 9.18 Å². The molecule has 0 radical (unpaired) electrons. The van der Waals surface area contributed by atoms with Crippen molar-refractivity contribution >= 4 is 21.9 Å². The van der Waals surface area contributed by atoms with Crippen molar-refractivity contribution in [2.45, 2.75) is 6.54 Å². The minimum absolute atomic E-state index is 0.0360. The summed E-state index contributed by atoms with van der Waals surface area (Å²) in [4.78, 5) is 25.6. The Morgan fingerprint density at radius 1 is 1.11 bits per heavy atom. The number of carbonyl (C=O) groups excluding carboxylic acids is 1. The Hall–Kier alpha value is -2.93. The molecule has 3 rings (SSSR count). The van der Waals surface area contributed by atoms with Gasteiger partial charge in [-0.3, -0.25) is 9.36 Å². The Morgan fingerprint density at radius 2 is 1.82 bits per heavy atom. The second kappa shape index (κ2) is 8.39. The fourth-order valence-electron chi connectivity index (χ4n) is 2.97. The molecule has 0 N–H and O–H groups in total. The van der Waals surface area contributed by atoms with Crippen LogP contribution >= 0.6 is 15.9 Å². The number of carbonyl (C=O) groups is 1. The lowest BCUT2D eigenvalue weighted by molar-refractivity contribution is 0.0586. The zero-order valence-electron chi connectivity index (χ0n) is 15.2. The maximum atomic E-state index is 14.6. The topological polar surface area (TPSA) is 57.5 Å². The Balaban J connectivity index is 2.31. The van der Waals surface area contributed by atoms with Gasteiger partial charge in [0.2, 0.25) is 0 Å². The summed E-state index contributed by atoms with van der Waals surface area (Å²) in [7, 11) is 2.64. The molecule has 1 aromatic heterocycles. The van der Waals surface area contributed by atoms with E-state index in [-0.39, 0.29) is 29.1 Å². The average Bonchev–Trinajstić information content (AvgIpc) is 2.71. The van der Waals surface area contributed by atoms with Crippen molar-refractivity contribution in [1.82, 2.24) is 4.57 Å². The van der Waals surface area contributed by atoms with Crippen LogP contribution in [0.2, 0.25) is 0 Å². The molecule has 0 aliphatic carbocycles. The smallest absolute Gasteiger partial charge is 0.355 e. The molecule has 2 aromatic carbocycles. The van der Waals surface area contributed by atoms with Crippen LogP contribution in [0.25, 0.3) is 11.1 Å². The quantitative estimate of drug-likeness (QED) is 0.550. The SMILES string of the molecule is COC(=O)c1c(Br)cc(-c2c(F)cccc2OC)c(=O)n1Cc1ccccc1. The molecule has 0 saturated heterocycles. The molecule has 0 fully saturated rings. The van der Waals surface area contributed by atoms with E-state index in [0.717, 1.165) is 5.56 Å². The number of hydrogen-bond acceptors (Lipinski definition) is 4. The van der Waals surface area contributed by atoms with Crippen LogP contribution in [0.4, 0.5) is 4.39 Å². The van der Waals surface area contributed by atoms with E-state index < -0.39 is 17.3 Å². The Kier molecular flexibility index (Phi) is 5.94. The van der Waals surface area contributed by atoms with Crippen molar-refractivity contribution < 1.29 is 18.7 Å². The molecule has 1 heterocycles. The number of halogens is 2. The van der Waals surface area contributed by atoms with E-state index in [1.165, 1.54) is 37.0 Å². The first-order chi connectivity index (χ1) is 13.5. The first kappa shape index (κ1) is 19.8. The lowest BCUT2D eigenvalue weighted by atomic mass is 10.0. The summed E-state index contributed by atoms with van der Waals surface area (Å²) < 4.78 is 26.2. The van der Waals surface area contributed by atoms with E-state index in [0.29, 0.717) is 4.47 Å².